The molecule has 3 rings (SSSR count). The molecule has 3 aromatic rings. The van der Waals surface area contributed by atoms with E-state index in [1.54, 1.807) is 44.7 Å². The van der Waals surface area contributed by atoms with Crippen LogP contribution in [0.1, 0.15) is 16.2 Å². The van der Waals surface area contributed by atoms with E-state index < -0.39 is 0 Å². The van der Waals surface area contributed by atoms with Gasteiger partial charge in [-0.1, -0.05) is 5.16 Å². The van der Waals surface area contributed by atoms with E-state index in [1.807, 2.05) is 6.07 Å². The second-order valence-electron chi connectivity index (χ2n) is 5.33. The number of nitrogens with one attached hydrogen (secondary N) is 1. The van der Waals surface area contributed by atoms with Crippen molar-refractivity contribution in [3.8, 4) is 22.9 Å². The first-order valence-electron chi connectivity index (χ1n) is 7.94. The van der Waals surface area contributed by atoms with Crippen LogP contribution in [-0.2, 0) is 6.42 Å². The average molecular weight is 354 g/mol. The number of amides is 1. The second-order valence-corrected chi connectivity index (χ2v) is 5.33. The van der Waals surface area contributed by atoms with Crippen LogP contribution < -0.4 is 14.8 Å². The molecular formula is C18H18N4O4. The molecule has 1 amide bonds. The third-order valence-electron chi connectivity index (χ3n) is 3.66. The topological polar surface area (TPSA) is 99.4 Å². The highest BCUT2D eigenvalue weighted by molar-refractivity contribution is 5.93. The highest BCUT2D eigenvalue weighted by atomic mass is 16.5. The number of aromatic nitrogens is 3. The molecule has 0 saturated carbocycles. The fourth-order valence-corrected chi connectivity index (χ4v) is 2.33. The number of nitrogens with zero attached hydrogens (tertiary/aromatic N) is 3. The van der Waals surface area contributed by atoms with Gasteiger partial charge in [-0.05, 0) is 30.3 Å². The molecule has 8 nitrogen and oxygen atoms in total. The predicted octanol–water partition coefficient (Wildman–Crippen LogP) is 2.12. The normalized spacial score (nSPS) is 10.4. The maximum absolute atomic E-state index is 11.9. The number of ether oxygens (including phenoxy) is 2. The molecule has 26 heavy (non-hydrogen) atoms. The summed E-state index contributed by atoms with van der Waals surface area (Å²) in [6, 6.07) is 8.78. The molecule has 0 aliphatic carbocycles. The molecular weight excluding hydrogens is 336 g/mol. The summed E-state index contributed by atoms with van der Waals surface area (Å²) in [6.45, 7) is 0.376. The molecule has 1 aromatic carbocycles. The number of benzene rings is 1. The first-order valence-corrected chi connectivity index (χ1v) is 7.94. The van der Waals surface area contributed by atoms with E-state index in [1.165, 1.54) is 6.20 Å². The van der Waals surface area contributed by atoms with Crippen LogP contribution in [0.25, 0.3) is 11.4 Å². The Labute approximate surface area is 150 Å². The van der Waals surface area contributed by atoms with Crippen molar-refractivity contribution in [2.45, 2.75) is 6.42 Å². The average Bonchev–Trinajstić information content (AvgIpc) is 3.17. The summed E-state index contributed by atoms with van der Waals surface area (Å²) in [5.74, 6) is 1.89. The van der Waals surface area contributed by atoms with Crippen molar-refractivity contribution in [3.63, 3.8) is 0 Å². The van der Waals surface area contributed by atoms with Gasteiger partial charge in [-0.3, -0.25) is 9.78 Å². The van der Waals surface area contributed by atoms with E-state index in [4.69, 9.17) is 14.0 Å². The summed E-state index contributed by atoms with van der Waals surface area (Å²) in [4.78, 5) is 20.2. The zero-order chi connectivity index (χ0) is 18.4. The van der Waals surface area contributed by atoms with E-state index in [-0.39, 0.29) is 5.91 Å². The minimum Gasteiger partial charge on any atom is -0.493 e. The van der Waals surface area contributed by atoms with Gasteiger partial charge in [0.25, 0.3) is 5.91 Å². The van der Waals surface area contributed by atoms with Crippen molar-refractivity contribution in [1.29, 1.82) is 0 Å². The predicted molar refractivity (Wildman–Crippen MR) is 93.1 cm³/mol. The van der Waals surface area contributed by atoms with Gasteiger partial charge in [0.2, 0.25) is 11.7 Å². The lowest BCUT2D eigenvalue weighted by Gasteiger charge is -2.07. The van der Waals surface area contributed by atoms with Crippen LogP contribution in [0, 0.1) is 0 Å². The molecule has 0 spiro atoms. The molecule has 1 N–H and O–H groups in total. The molecule has 0 aliphatic rings. The third kappa shape index (κ3) is 3.97. The molecule has 2 heterocycles. The first-order chi connectivity index (χ1) is 12.7. The fourth-order valence-electron chi connectivity index (χ4n) is 2.33. The maximum atomic E-state index is 11.9. The Morgan fingerprint density at radius 3 is 2.77 bits per heavy atom. The Hall–Kier alpha value is -3.42. The lowest BCUT2D eigenvalue weighted by atomic mass is 10.2. The molecule has 0 aliphatic heterocycles. The van der Waals surface area contributed by atoms with Gasteiger partial charge in [0.15, 0.2) is 11.5 Å². The van der Waals surface area contributed by atoms with Gasteiger partial charge in [-0.15, -0.1) is 0 Å². The largest absolute Gasteiger partial charge is 0.493 e. The van der Waals surface area contributed by atoms with Crippen LogP contribution in [0.2, 0.25) is 0 Å². The van der Waals surface area contributed by atoms with Gasteiger partial charge >= 0.3 is 0 Å². The minimum absolute atomic E-state index is 0.197. The number of pyridine rings is 1. The summed E-state index contributed by atoms with van der Waals surface area (Å²) in [5.41, 5.74) is 1.25. The summed E-state index contributed by atoms with van der Waals surface area (Å²) < 4.78 is 15.7. The van der Waals surface area contributed by atoms with Crippen LogP contribution in [0.15, 0.2) is 47.2 Å². The molecule has 0 radical (unpaired) electrons. The Morgan fingerprint density at radius 2 is 2.04 bits per heavy atom. The van der Waals surface area contributed by atoms with Crippen molar-refractivity contribution in [2.75, 3.05) is 20.8 Å². The van der Waals surface area contributed by atoms with Gasteiger partial charge in [-0.2, -0.15) is 4.98 Å². The van der Waals surface area contributed by atoms with Gasteiger partial charge in [0, 0.05) is 30.9 Å². The molecule has 134 valence electrons. The lowest BCUT2D eigenvalue weighted by Crippen LogP contribution is -2.25. The van der Waals surface area contributed by atoms with Crippen molar-refractivity contribution in [3.05, 3.63) is 54.2 Å². The molecule has 0 atom stereocenters. The number of methoxy groups -OCH3 is 2. The molecule has 0 unspecified atom stereocenters. The smallest absolute Gasteiger partial charge is 0.252 e. The SMILES string of the molecule is COc1ccc(-c2noc(CCNC(=O)c3cccnc3)n2)cc1OC. The quantitative estimate of drug-likeness (QED) is 0.694. The Morgan fingerprint density at radius 1 is 1.19 bits per heavy atom. The fraction of sp³-hybridized carbons (Fsp3) is 0.222. The zero-order valence-corrected chi connectivity index (χ0v) is 14.4. The minimum atomic E-state index is -0.197. The van der Waals surface area contributed by atoms with E-state index in [9.17, 15) is 4.79 Å². The van der Waals surface area contributed by atoms with Crippen LogP contribution in [-0.4, -0.2) is 41.8 Å². The van der Waals surface area contributed by atoms with Gasteiger partial charge in [-0.25, -0.2) is 0 Å². The van der Waals surface area contributed by atoms with E-state index >= 15 is 0 Å². The summed E-state index contributed by atoms with van der Waals surface area (Å²) in [6.07, 6.45) is 3.55. The summed E-state index contributed by atoms with van der Waals surface area (Å²) in [5, 5.41) is 6.75. The first kappa shape index (κ1) is 17.4. The van der Waals surface area contributed by atoms with Gasteiger partial charge in [0.1, 0.15) is 0 Å². The second kappa shape index (κ2) is 8.11. The standard InChI is InChI=1S/C18H18N4O4/c1-24-14-6-5-12(10-15(14)25-2)17-21-16(26-22-17)7-9-20-18(23)13-4-3-8-19-11-13/h3-6,8,10-11H,7,9H2,1-2H3,(H,20,23). The van der Waals surface area contributed by atoms with Gasteiger partial charge in [0.05, 0.1) is 19.8 Å². The van der Waals surface area contributed by atoms with Crippen molar-refractivity contribution in [1.82, 2.24) is 20.4 Å². The van der Waals surface area contributed by atoms with Crippen LogP contribution in [0.4, 0.5) is 0 Å². The van der Waals surface area contributed by atoms with E-state index in [2.05, 4.69) is 20.4 Å². The van der Waals surface area contributed by atoms with Crippen molar-refractivity contribution >= 4 is 5.91 Å². The molecule has 8 heteroatoms. The molecule has 0 fully saturated rings. The summed E-state index contributed by atoms with van der Waals surface area (Å²) in [7, 11) is 3.14. The number of hydrogen-bond donors (Lipinski definition) is 1. The Balaban J connectivity index is 1.61. The third-order valence-corrected chi connectivity index (χ3v) is 3.66. The Bertz CT molecular complexity index is 880. The molecule has 2 aromatic heterocycles. The van der Waals surface area contributed by atoms with E-state index in [0.717, 1.165) is 5.56 Å². The summed E-state index contributed by atoms with van der Waals surface area (Å²) >= 11 is 0. The maximum Gasteiger partial charge on any atom is 0.252 e. The van der Waals surface area contributed by atoms with E-state index in [0.29, 0.717) is 41.7 Å². The van der Waals surface area contributed by atoms with Crippen LogP contribution >= 0.6 is 0 Å². The number of carbonyl (C=O) groups excluding carboxylic acids is 1. The van der Waals surface area contributed by atoms with Crippen molar-refractivity contribution < 1.29 is 18.8 Å². The van der Waals surface area contributed by atoms with Crippen LogP contribution in [0.5, 0.6) is 11.5 Å². The molecule has 0 bridgehead atoms. The Kier molecular flexibility index (Phi) is 5.43. The number of hydrogen-bond acceptors (Lipinski definition) is 7. The highest BCUT2D eigenvalue weighted by Gasteiger charge is 2.12. The number of rotatable bonds is 7. The lowest BCUT2D eigenvalue weighted by molar-refractivity contribution is 0.0953. The highest BCUT2D eigenvalue weighted by Crippen LogP contribution is 2.31. The zero-order valence-electron chi connectivity index (χ0n) is 14.4. The monoisotopic (exact) mass is 354 g/mol. The van der Waals surface area contributed by atoms with Crippen LogP contribution in [0.3, 0.4) is 0 Å². The number of carbonyl (C=O) groups is 1. The molecule has 0 saturated heterocycles. The van der Waals surface area contributed by atoms with Crippen molar-refractivity contribution in [2.24, 2.45) is 0 Å². The van der Waals surface area contributed by atoms with Gasteiger partial charge < -0.3 is 19.3 Å².